The van der Waals surface area contributed by atoms with Crippen LogP contribution in [0.4, 0.5) is 0 Å². The number of aliphatic hydroxyl groups excluding tert-OH is 2. The summed E-state index contributed by atoms with van der Waals surface area (Å²) in [6.45, 7) is 4.16. The van der Waals surface area contributed by atoms with Crippen molar-refractivity contribution in [1.82, 2.24) is 5.32 Å². The molecule has 0 aliphatic heterocycles. The molecule has 4 atom stereocenters. The second-order valence-electron chi connectivity index (χ2n) is 16.5. The highest BCUT2D eigenvalue weighted by Gasteiger charge is 2.29. The second kappa shape index (κ2) is 38.4. The fraction of sp³-hybridized carbons (Fsp3) is 0.766. The Morgan fingerprint density at radius 2 is 1.14 bits per heavy atom. The Morgan fingerprint density at radius 1 is 0.667 bits per heavy atom. The first-order valence-electron chi connectivity index (χ1n) is 22.7. The number of unbranched alkanes of at least 4 members (excludes halogenated alkanes) is 17. The van der Waals surface area contributed by atoms with E-state index in [1.54, 1.807) is 0 Å². The van der Waals surface area contributed by atoms with Crippen LogP contribution in [0.25, 0.3) is 0 Å². The molecule has 0 saturated heterocycles. The Kier molecular flexibility index (Phi) is 37.1. The summed E-state index contributed by atoms with van der Waals surface area (Å²) < 4.78 is 23.1. The van der Waals surface area contributed by atoms with Gasteiger partial charge in [0.25, 0.3) is 7.82 Å². The van der Waals surface area contributed by atoms with Gasteiger partial charge in [0, 0.05) is 6.42 Å². The molecule has 10 heteroatoms. The minimum absolute atomic E-state index is 0.0535. The smallest absolute Gasteiger partial charge is 0.268 e. The van der Waals surface area contributed by atoms with Gasteiger partial charge in [0.1, 0.15) is 19.3 Å². The zero-order valence-corrected chi connectivity index (χ0v) is 38.0. The first-order valence-corrected chi connectivity index (χ1v) is 24.1. The van der Waals surface area contributed by atoms with E-state index in [1.165, 1.54) is 70.6 Å². The summed E-state index contributed by atoms with van der Waals surface area (Å²) in [5.74, 6) is -0.303. The van der Waals surface area contributed by atoms with E-state index in [1.807, 2.05) is 28.1 Å². The first kappa shape index (κ1) is 55.2. The third-order valence-corrected chi connectivity index (χ3v) is 10.8. The molecular weight excluding hydrogens is 735 g/mol. The molecule has 0 rings (SSSR count). The summed E-state index contributed by atoms with van der Waals surface area (Å²) in [6.07, 6.45) is 45.6. The third kappa shape index (κ3) is 39.4. The van der Waals surface area contributed by atoms with Crippen molar-refractivity contribution in [3.05, 3.63) is 60.8 Å². The van der Waals surface area contributed by atoms with Gasteiger partial charge in [-0.05, 0) is 90.4 Å². The molecule has 0 aromatic heterocycles. The lowest BCUT2D eigenvalue weighted by atomic mass is 10.0. The number of hydrogen-bond acceptors (Lipinski definition) is 7. The lowest BCUT2D eigenvalue weighted by Gasteiger charge is -2.31. The fourth-order valence-electron chi connectivity index (χ4n) is 6.20. The number of nitrogens with one attached hydrogen (secondary N) is 1. The predicted molar refractivity (Wildman–Crippen MR) is 239 cm³/mol. The quantitative estimate of drug-likeness (QED) is 0.0243. The SMILES string of the molecule is C/C=C/CC/C=C/CC/C=C/CCCC(O)C(O)C(COP(=O)([O-])OCC[N+](C)(C)C)NC(=O)CCCCCCCCCCC/C=C\C/C=C\CCCCCCC. The van der Waals surface area contributed by atoms with E-state index >= 15 is 0 Å². The van der Waals surface area contributed by atoms with Crippen LogP contribution >= 0.6 is 7.82 Å². The number of rotatable bonds is 40. The van der Waals surface area contributed by atoms with Gasteiger partial charge in [0.2, 0.25) is 5.91 Å². The van der Waals surface area contributed by atoms with Gasteiger partial charge < -0.3 is 34.0 Å². The Bertz CT molecular complexity index is 1130. The zero-order valence-electron chi connectivity index (χ0n) is 37.1. The second-order valence-corrected chi connectivity index (χ2v) is 17.9. The number of phosphoric ester groups is 1. The molecular formula is C47H87N2O7P. The van der Waals surface area contributed by atoms with Crippen LogP contribution in [0.15, 0.2) is 60.8 Å². The molecule has 0 aromatic carbocycles. The van der Waals surface area contributed by atoms with Gasteiger partial charge in [0.15, 0.2) is 0 Å². The number of likely N-dealkylation sites (N-methyl/N-ethyl adjacent to an activating group) is 1. The van der Waals surface area contributed by atoms with Gasteiger partial charge in [0.05, 0.1) is 39.9 Å². The Morgan fingerprint density at radius 3 is 1.68 bits per heavy atom. The van der Waals surface area contributed by atoms with Gasteiger partial charge in [-0.15, -0.1) is 0 Å². The van der Waals surface area contributed by atoms with Crippen LogP contribution in [0.1, 0.15) is 174 Å². The Hall–Kier alpha value is -1.84. The van der Waals surface area contributed by atoms with Crippen LogP contribution in [-0.2, 0) is 18.4 Å². The number of quaternary nitrogens is 1. The molecule has 9 nitrogen and oxygen atoms in total. The Labute approximate surface area is 350 Å². The maximum Gasteiger partial charge on any atom is 0.268 e. The van der Waals surface area contributed by atoms with Crippen molar-refractivity contribution in [1.29, 1.82) is 0 Å². The van der Waals surface area contributed by atoms with Crippen molar-refractivity contribution in [2.24, 2.45) is 0 Å². The maximum atomic E-state index is 12.9. The van der Waals surface area contributed by atoms with Crippen LogP contribution in [-0.4, -0.2) is 79.8 Å². The number of nitrogens with zero attached hydrogens (tertiary/aromatic N) is 1. The summed E-state index contributed by atoms with van der Waals surface area (Å²) in [6, 6.07) is -1.10. The van der Waals surface area contributed by atoms with Crippen molar-refractivity contribution in [3.8, 4) is 0 Å². The average molecular weight is 823 g/mol. The molecule has 0 heterocycles. The van der Waals surface area contributed by atoms with E-state index < -0.39 is 32.7 Å². The number of carbonyl (C=O) groups is 1. The van der Waals surface area contributed by atoms with Gasteiger partial charge in [-0.25, -0.2) is 0 Å². The molecule has 0 radical (unpaired) electrons. The minimum Gasteiger partial charge on any atom is -0.756 e. The van der Waals surface area contributed by atoms with E-state index in [-0.39, 0.29) is 18.9 Å². The molecule has 0 aliphatic rings. The van der Waals surface area contributed by atoms with E-state index in [2.05, 4.69) is 73.0 Å². The molecule has 0 bridgehead atoms. The summed E-state index contributed by atoms with van der Waals surface area (Å²) >= 11 is 0. The minimum atomic E-state index is -4.68. The van der Waals surface area contributed by atoms with Crippen LogP contribution in [0.3, 0.4) is 0 Å². The predicted octanol–water partition coefficient (Wildman–Crippen LogP) is 11.0. The highest BCUT2D eigenvalue weighted by atomic mass is 31.2. The molecule has 0 fully saturated rings. The number of amides is 1. The largest absolute Gasteiger partial charge is 0.756 e. The molecule has 0 saturated carbocycles. The highest BCUT2D eigenvalue weighted by molar-refractivity contribution is 7.45. The van der Waals surface area contributed by atoms with E-state index in [0.29, 0.717) is 30.3 Å². The third-order valence-electron chi connectivity index (χ3n) is 9.87. The first-order chi connectivity index (χ1) is 27.4. The number of hydrogen-bond donors (Lipinski definition) is 3. The van der Waals surface area contributed by atoms with Crippen molar-refractivity contribution in [2.45, 2.75) is 193 Å². The molecule has 0 aromatic rings. The fourth-order valence-corrected chi connectivity index (χ4v) is 6.93. The topological polar surface area (TPSA) is 128 Å². The maximum absolute atomic E-state index is 12.9. The number of phosphoric acid groups is 1. The summed E-state index contributed by atoms with van der Waals surface area (Å²) in [7, 11) is 1.08. The zero-order chi connectivity index (χ0) is 42.3. The Balaban J connectivity index is 4.48. The number of aliphatic hydroxyl groups is 2. The van der Waals surface area contributed by atoms with Crippen molar-refractivity contribution < 1.29 is 38.0 Å². The van der Waals surface area contributed by atoms with Gasteiger partial charge in [-0.1, -0.05) is 138 Å². The lowest BCUT2D eigenvalue weighted by Crippen LogP contribution is -2.51. The monoisotopic (exact) mass is 823 g/mol. The highest BCUT2D eigenvalue weighted by Crippen LogP contribution is 2.38. The van der Waals surface area contributed by atoms with E-state index in [9.17, 15) is 24.5 Å². The normalized spacial score (nSPS) is 15.4. The van der Waals surface area contributed by atoms with Crippen LogP contribution in [0.5, 0.6) is 0 Å². The van der Waals surface area contributed by atoms with Crippen molar-refractivity contribution in [2.75, 3.05) is 40.9 Å². The lowest BCUT2D eigenvalue weighted by molar-refractivity contribution is -0.870. The molecule has 0 aliphatic carbocycles. The van der Waals surface area contributed by atoms with Gasteiger partial charge in [-0.3, -0.25) is 9.36 Å². The van der Waals surface area contributed by atoms with E-state index in [4.69, 9.17) is 9.05 Å². The number of carbonyl (C=O) groups excluding carboxylic acids is 1. The molecule has 57 heavy (non-hydrogen) atoms. The molecule has 3 N–H and O–H groups in total. The molecule has 0 spiro atoms. The van der Waals surface area contributed by atoms with Crippen molar-refractivity contribution >= 4 is 13.7 Å². The van der Waals surface area contributed by atoms with Gasteiger partial charge in [-0.2, -0.15) is 0 Å². The van der Waals surface area contributed by atoms with Crippen LogP contribution in [0, 0.1) is 0 Å². The molecule has 1 amide bonds. The summed E-state index contributed by atoms with van der Waals surface area (Å²) in [4.78, 5) is 25.4. The summed E-state index contributed by atoms with van der Waals surface area (Å²) in [5, 5.41) is 24.5. The van der Waals surface area contributed by atoms with Crippen molar-refractivity contribution in [3.63, 3.8) is 0 Å². The van der Waals surface area contributed by atoms with Crippen LogP contribution < -0.4 is 10.2 Å². The molecule has 332 valence electrons. The summed E-state index contributed by atoms with van der Waals surface area (Å²) in [5.41, 5.74) is 0. The average Bonchev–Trinajstić information content (AvgIpc) is 3.16. The number of allylic oxidation sites excluding steroid dienone is 10. The van der Waals surface area contributed by atoms with Crippen LogP contribution in [0.2, 0.25) is 0 Å². The standard InChI is InChI=1S/C47H87N2O7P/c1-6-8-10-12-14-16-18-20-21-22-23-24-25-26-27-28-30-32-34-36-38-40-46(51)48-44(43-56-57(53,54)55-42-41-49(3,4)5)47(52)45(50)39-37-35-33-31-29-19-17-15-13-11-9-7-2/h7,9,15,17-18,20,22-23,31,33,44-45,47,50,52H,6,8,10-14,16,19,21,24-30,32,34-43H2,1-5H3,(H-,48,51,53,54)/b9-7+,17-15+,20-18-,23-22-,33-31+. The van der Waals surface area contributed by atoms with E-state index in [0.717, 1.165) is 64.2 Å². The van der Waals surface area contributed by atoms with Gasteiger partial charge >= 0.3 is 0 Å². The molecule has 4 unspecified atom stereocenters.